The van der Waals surface area contributed by atoms with Crippen molar-refractivity contribution in [3.63, 3.8) is 0 Å². The van der Waals surface area contributed by atoms with Crippen LogP contribution in [0, 0.1) is 19.3 Å². The molecule has 5 nitrogen and oxygen atoms in total. The molecule has 0 aliphatic rings. The largest absolute Gasteiger partial charge is 0.493 e. The van der Waals surface area contributed by atoms with Gasteiger partial charge in [0.2, 0.25) is 0 Å². The third-order valence-corrected chi connectivity index (χ3v) is 4.53. The molecule has 2 aromatic rings. The summed E-state index contributed by atoms with van der Waals surface area (Å²) in [6.45, 7) is 6.43. The summed E-state index contributed by atoms with van der Waals surface area (Å²) >= 11 is 1.78. The van der Waals surface area contributed by atoms with Gasteiger partial charge in [0.25, 0.3) is 0 Å². The maximum Gasteiger partial charge on any atom is 0.191 e. The Morgan fingerprint density at radius 1 is 1.23 bits per heavy atom. The van der Waals surface area contributed by atoms with Crippen molar-refractivity contribution in [1.29, 1.82) is 0 Å². The van der Waals surface area contributed by atoms with Gasteiger partial charge in [-0.2, -0.15) is 0 Å². The number of hydrogen-bond acceptors (Lipinski definition) is 4. The van der Waals surface area contributed by atoms with Crippen molar-refractivity contribution in [3.05, 3.63) is 45.6 Å². The maximum atomic E-state index is 5.54. The molecule has 0 unspecified atom stereocenters. The second kappa shape index (κ2) is 10.4. The van der Waals surface area contributed by atoms with Crippen molar-refractivity contribution in [2.24, 2.45) is 4.99 Å². The summed E-state index contributed by atoms with van der Waals surface area (Å²) in [5.41, 5.74) is 1.02. The van der Waals surface area contributed by atoms with Crippen LogP contribution < -0.4 is 20.1 Å². The Hall–Kier alpha value is -2.65. The molecule has 0 amide bonds. The Bertz CT molecular complexity index is 778. The van der Waals surface area contributed by atoms with Crippen molar-refractivity contribution in [3.8, 4) is 23.8 Å². The Morgan fingerprint density at radius 3 is 2.73 bits per heavy atom. The SMILES string of the molecule is C#CCOc1cc(CN=C(NCC)NCc2ccc(C)s2)ccc1OC. The van der Waals surface area contributed by atoms with Crippen molar-refractivity contribution < 1.29 is 9.47 Å². The number of terminal acetylenes is 1. The van der Waals surface area contributed by atoms with E-state index in [0.29, 0.717) is 18.0 Å². The van der Waals surface area contributed by atoms with Gasteiger partial charge in [-0.1, -0.05) is 12.0 Å². The fourth-order valence-corrected chi connectivity index (χ4v) is 3.14. The number of nitrogens with zero attached hydrogens (tertiary/aromatic N) is 1. The smallest absolute Gasteiger partial charge is 0.191 e. The molecule has 0 fully saturated rings. The third-order valence-electron chi connectivity index (χ3n) is 3.53. The second-order valence-corrected chi connectivity index (χ2v) is 6.91. The van der Waals surface area contributed by atoms with Gasteiger partial charge in [-0.25, -0.2) is 4.99 Å². The monoisotopic (exact) mass is 371 g/mol. The number of methoxy groups -OCH3 is 1. The molecule has 6 heteroatoms. The lowest BCUT2D eigenvalue weighted by Crippen LogP contribution is -2.36. The number of rotatable bonds is 8. The highest BCUT2D eigenvalue weighted by Gasteiger charge is 2.06. The zero-order valence-electron chi connectivity index (χ0n) is 15.5. The van der Waals surface area contributed by atoms with E-state index in [1.807, 2.05) is 25.1 Å². The molecule has 0 radical (unpaired) electrons. The predicted molar refractivity (Wildman–Crippen MR) is 108 cm³/mol. The van der Waals surface area contributed by atoms with Gasteiger partial charge in [-0.05, 0) is 43.7 Å². The molecule has 0 aliphatic carbocycles. The van der Waals surface area contributed by atoms with Crippen molar-refractivity contribution in [2.75, 3.05) is 20.3 Å². The summed E-state index contributed by atoms with van der Waals surface area (Å²) < 4.78 is 10.8. The summed E-state index contributed by atoms with van der Waals surface area (Å²) in [4.78, 5) is 7.23. The van der Waals surface area contributed by atoms with E-state index >= 15 is 0 Å². The molecule has 0 saturated carbocycles. The molecule has 0 bridgehead atoms. The normalized spacial score (nSPS) is 10.9. The number of thiophene rings is 1. The Morgan fingerprint density at radius 2 is 2.08 bits per heavy atom. The topological polar surface area (TPSA) is 54.9 Å². The van der Waals surface area contributed by atoms with Gasteiger partial charge in [0, 0.05) is 16.3 Å². The highest BCUT2D eigenvalue weighted by atomic mass is 32.1. The molecule has 1 heterocycles. The molecule has 1 aromatic carbocycles. The summed E-state index contributed by atoms with van der Waals surface area (Å²) in [5, 5.41) is 6.62. The van der Waals surface area contributed by atoms with Gasteiger partial charge < -0.3 is 20.1 Å². The molecule has 2 rings (SSSR count). The highest BCUT2D eigenvalue weighted by Crippen LogP contribution is 2.28. The lowest BCUT2D eigenvalue weighted by Gasteiger charge is -2.12. The van der Waals surface area contributed by atoms with E-state index in [0.717, 1.165) is 24.6 Å². The van der Waals surface area contributed by atoms with Crippen LogP contribution in [0.1, 0.15) is 22.2 Å². The minimum Gasteiger partial charge on any atom is -0.493 e. The summed E-state index contributed by atoms with van der Waals surface area (Å²) in [7, 11) is 1.61. The molecule has 138 valence electrons. The first kappa shape index (κ1) is 19.7. The van der Waals surface area contributed by atoms with Crippen LogP contribution in [-0.2, 0) is 13.1 Å². The van der Waals surface area contributed by atoms with Crippen LogP contribution in [0.4, 0.5) is 0 Å². The lowest BCUT2D eigenvalue weighted by molar-refractivity contribution is 0.330. The van der Waals surface area contributed by atoms with E-state index in [9.17, 15) is 0 Å². The molecule has 0 saturated heterocycles. The Balaban J connectivity index is 2.04. The average molecular weight is 372 g/mol. The van der Waals surface area contributed by atoms with Crippen LogP contribution in [0.5, 0.6) is 11.5 Å². The van der Waals surface area contributed by atoms with Gasteiger partial charge in [0.05, 0.1) is 20.2 Å². The molecule has 0 aliphatic heterocycles. The predicted octanol–water partition coefficient (Wildman–Crippen LogP) is 3.33. The zero-order chi connectivity index (χ0) is 18.8. The van der Waals surface area contributed by atoms with Gasteiger partial charge in [0.15, 0.2) is 17.5 Å². The van der Waals surface area contributed by atoms with Gasteiger partial charge in [0.1, 0.15) is 6.61 Å². The summed E-state index contributed by atoms with van der Waals surface area (Å²) in [6.07, 6.45) is 5.27. The number of aryl methyl sites for hydroxylation is 1. The zero-order valence-corrected chi connectivity index (χ0v) is 16.3. The standard InChI is InChI=1S/C20H25N3O2S/c1-5-11-25-19-12-16(8-10-18(19)24-4)13-22-20(21-6-2)23-14-17-9-7-15(3)26-17/h1,7-10,12H,6,11,13-14H2,2-4H3,(H2,21,22,23). The first-order valence-electron chi connectivity index (χ1n) is 8.47. The van der Waals surface area contributed by atoms with E-state index in [-0.39, 0.29) is 6.61 Å². The first-order valence-corrected chi connectivity index (χ1v) is 9.28. The Labute approximate surface area is 159 Å². The van der Waals surface area contributed by atoms with Crippen LogP contribution in [0.25, 0.3) is 0 Å². The van der Waals surface area contributed by atoms with E-state index in [1.165, 1.54) is 9.75 Å². The molecule has 1 aromatic heterocycles. The maximum absolute atomic E-state index is 5.54. The Kier molecular flexibility index (Phi) is 7.84. The van der Waals surface area contributed by atoms with Crippen LogP contribution >= 0.6 is 11.3 Å². The number of nitrogens with one attached hydrogen (secondary N) is 2. The quantitative estimate of drug-likeness (QED) is 0.425. The van der Waals surface area contributed by atoms with E-state index < -0.39 is 0 Å². The van der Waals surface area contributed by atoms with E-state index in [1.54, 1.807) is 18.4 Å². The fraction of sp³-hybridized carbons (Fsp3) is 0.350. The van der Waals surface area contributed by atoms with E-state index in [4.69, 9.17) is 15.9 Å². The number of guanidine groups is 1. The number of benzene rings is 1. The third kappa shape index (κ3) is 6.01. The van der Waals surface area contributed by atoms with E-state index in [2.05, 4.69) is 40.6 Å². The van der Waals surface area contributed by atoms with Crippen LogP contribution in [0.3, 0.4) is 0 Å². The minimum absolute atomic E-state index is 0.202. The second-order valence-electron chi connectivity index (χ2n) is 5.54. The van der Waals surface area contributed by atoms with Gasteiger partial charge in [-0.15, -0.1) is 17.8 Å². The molecule has 0 atom stereocenters. The van der Waals surface area contributed by atoms with Gasteiger partial charge >= 0.3 is 0 Å². The number of aliphatic imine (C=N–C) groups is 1. The molecular formula is C20H25N3O2S. The van der Waals surface area contributed by atoms with Crippen LogP contribution in [-0.4, -0.2) is 26.2 Å². The lowest BCUT2D eigenvalue weighted by atomic mass is 10.2. The number of hydrogen-bond donors (Lipinski definition) is 2. The van der Waals surface area contributed by atoms with Crippen molar-refractivity contribution in [1.82, 2.24) is 10.6 Å². The molecular weight excluding hydrogens is 346 g/mol. The van der Waals surface area contributed by atoms with Crippen LogP contribution in [0.2, 0.25) is 0 Å². The van der Waals surface area contributed by atoms with Crippen molar-refractivity contribution in [2.45, 2.75) is 26.9 Å². The highest BCUT2D eigenvalue weighted by molar-refractivity contribution is 7.11. The molecule has 2 N–H and O–H groups in total. The minimum atomic E-state index is 0.202. The first-order chi connectivity index (χ1) is 12.7. The average Bonchev–Trinajstić information content (AvgIpc) is 3.07. The molecule has 26 heavy (non-hydrogen) atoms. The summed E-state index contributed by atoms with van der Waals surface area (Å²) in [5.74, 6) is 4.53. The number of ether oxygens (including phenoxy) is 2. The molecule has 0 spiro atoms. The van der Waals surface area contributed by atoms with Crippen molar-refractivity contribution >= 4 is 17.3 Å². The summed E-state index contributed by atoms with van der Waals surface area (Å²) in [6, 6.07) is 10.0. The fourth-order valence-electron chi connectivity index (χ4n) is 2.31. The van der Waals surface area contributed by atoms with Crippen LogP contribution in [0.15, 0.2) is 35.3 Å². The van der Waals surface area contributed by atoms with Gasteiger partial charge in [-0.3, -0.25) is 0 Å².